The number of carbonyl (C=O) groups is 1. The minimum absolute atomic E-state index is 0.0281. The number of benzene rings is 1. The summed E-state index contributed by atoms with van der Waals surface area (Å²) < 4.78 is 54.4. The average Bonchev–Trinajstić information content (AvgIpc) is 3.00. The first-order valence-electron chi connectivity index (χ1n) is 7.64. The lowest BCUT2D eigenvalue weighted by molar-refractivity contribution is -0.143. The molecule has 2 heterocycles. The highest BCUT2D eigenvalue weighted by molar-refractivity contribution is 6.09. The molecular weight excluding hydrogens is 353 g/mol. The van der Waals surface area contributed by atoms with Crippen LogP contribution in [0.3, 0.4) is 0 Å². The van der Waals surface area contributed by atoms with Crippen LogP contribution < -0.4 is 4.74 Å². The molecule has 6 nitrogen and oxygen atoms in total. The minimum atomic E-state index is -4.58. The zero-order chi connectivity index (χ0) is 19.1. The molecular formula is C17H15F3N2O4. The maximum Gasteiger partial charge on any atom is 0.433 e. The van der Waals surface area contributed by atoms with E-state index in [2.05, 4.69) is 14.7 Å². The standard InChI is InChI=1S/C17H15F3N2O4/c1-8-13(16(23)25-3)22-15(26-8)10-4-6-11(24-2)14-9(10)5-7-12(21-14)17(18,19)20/h4-8,13H,1-3H3/t8-,13-/m0/s1. The monoisotopic (exact) mass is 368 g/mol. The van der Waals surface area contributed by atoms with Gasteiger partial charge < -0.3 is 14.2 Å². The number of hydrogen-bond donors (Lipinski definition) is 0. The Kier molecular flexibility index (Phi) is 4.47. The molecule has 0 bridgehead atoms. The van der Waals surface area contributed by atoms with Crippen molar-refractivity contribution in [2.45, 2.75) is 25.2 Å². The van der Waals surface area contributed by atoms with Gasteiger partial charge >= 0.3 is 12.1 Å². The molecule has 0 unspecified atom stereocenters. The normalized spacial score (nSPS) is 19.8. The molecule has 3 rings (SSSR count). The van der Waals surface area contributed by atoms with E-state index < -0.39 is 30.0 Å². The van der Waals surface area contributed by atoms with Gasteiger partial charge in [0, 0.05) is 10.9 Å². The van der Waals surface area contributed by atoms with Crippen LogP contribution in [0.15, 0.2) is 29.3 Å². The Morgan fingerprint density at radius 3 is 2.54 bits per heavy atom. The summed E-state index contributed by atoms with van der Waals surface area (Å²) in [6.07, 6.45) is -5.14. The number of rotatable bonds is 3. The fourth-order valence-electron chi connectivity index (χ4n) is 2.70. The Morgan fingerprint density at radius 2 is 1.92 bits per heavy atom. The van der Waals surface area contributed by atoms with Crippen molar-refractivity contribution < 1.29 is 32.2 Å². The number of hydrogen-bond acceptors (Lipinski definition) is 6. The summed E-state index contributed by atoms with van der Waals surface area (Å²) in [4.78, 5) is 19.7. The smallest absolute Gasteiger partial charge is 0.433 e. The van der Waals surface area contributed by atoms with E-state index in [4.69, 9.17) is 9.47 Å². The number of fused-ring (bicyclic) bond motifs is 1. The third kappa shape index (κ3) is 3.04. The van der Waals surface area contributed by atoms with Crippen LogP contribution in [-0.4, -0.2) is 43.2 Å². The van der Waals surface area contributed by atoms with Crippen LogP contribution in [0.5, 0.6) is 5.75 Å². The molecule has 1 aromatic carbocycles. The van der Waals surface area contributed by atoms with Crippen LogP contribution in [0.25, 0.3) is 10.9 Å². The molecule has 26 heavy (non-hydrogen) atoms. The van der Waals surface area contributed by atoms with Crippen molar-refractivity contribution in [1.82, 2.24) is 4.98 Å². The summed E-state index contributed by atoms with van der Waals surface area (Å²) in [5, 5.41) is 0.369. The van der Waals surface area contributed by atoms with Gasteiger partial charge in [0.05, 0.1) is 14.2 Å². The third-order valence-corrected chi connectivity index (χ3v) is 4.00. The van der Waals surface area contributed by atoms with Gasteiger partial charge in [-0.3, -0.25) is 0 Å². The molecule has 2 aromatic rings. The van der Waals surface area contributed by atoms with Gasteiger partial charge in [-0.1, -0.05) is 0 Å². The number of halogens is 3. The summed E-state index contributed by atoms with van der Waals surface area (Å²) in [7, 11) is 2.59. The van der Waals surface area contributed by atoms with Crippen molar-refractivity contribution in [1.29, 1.82) is 0 Å². The van der Waals surface area contributed by atoms with E-state index in [1.165, 1.54) is 26.4 Å². The van der Waals surface area contributed by atoms with Gasteiger partial charge in [-0.15, -0.1) is 0 Å². The van der Waals surface area contributed by atoms with Crippen molar-refractivity contribution in [3.8, 4) is 5.75 Å². The van der Waals surface area contributed by atoms with E-state index in [0.717, 1.165) is 6.07 Å². The van der Waals surface area contributed by atoms with Crippen LogP contribution in [-0.2, 0) is 20.4 Å². The number of methoxy groups -OCH3 is 2. The van der Waals surface area contributed by atoms with Gasteiger partial charge in [-0.05, 0) is 31.2 Å². The topological polar surface area (TPSA) is 70.0 Å². The molecule has 0 aliphatic carbocycles. The molecule has 0 spiro atoms. The van der Waals surface area contributed by atoms with E-state index in [9.17, 15) is 18.0 Å². The molecule has 138 valence electrons. The fourth-order valence-corrected chi connectivity index (χ4v) is 2.70. The summed E-state index contributed by atoms with van der Waals surface area (Å²) in [5.41, 5.74) is -0.587. The quantitative estimate of drug-likeness (QED) is 0.779. The summed E-state index contributed by atoms with van der Waals surface area (Å²) in [6.45, 7) is 1.66. The van der Waals surface area contributed by atoms with Gasteiger partial charge in [0.25, 0.3) is 0 Å². The largest absolute Gasteiger partial charge is 0.494 e. The Morgan fingerprint density at radius 1 is 1.19 bits per heavy atom. The van der Waals surface area contributed by atoms with Crippen molar-refractivity contribution in [2.75, 3.05) is 14.2 Å². The first kappa shape index (κ1) is 18.0. The Balaban J connectivity index is 2.15. The van der Waals surface area contributed by atoms with Crippen LogP contribution >= 0.6 is 0 Å². The Bertz CT molecular complexity index is 895. The molecule has 0 N–H and O–H groups in total. The average molecular weight is 368 g/mol. The summed E-state index contributed by atoms with van der Waals surface area (Å²) >= 11 is 0. The van der Waals surface area contributed by atoms with Crippen LogP contribution in [0, 0.1) is 0 Å². The predicted molar refractivity (Wildman–Crippen MR) is 86.2 cm³/mol. The first-order chi connectivity index (χ1) is 12.3. The number of aromatic nitrogens is 1. The predicted octanol–water partition coefficient (Wildman–Crippen LogP) is 2.97. The van der Waals surface area contributed by atoms with Crippen LogP contribution in [0.1, 0.15) is 18.2 Å². The van der Waals surface area contributed by atoms with Gasteiger partial charge in [0.1, 0.15) is 23.1 Å². The summed E-state index contributed by atoms with van der Waals surface area (Å²) in [5.74, 6) is -0.226. The number of alkyl halides is 3. The molecule has 1 aliphatic heterocycles. The second-order valence-corrected chi connectivity index (χ2v) is 5.63. The number of aliphatic imine (C=N–C) groups is 1. The Labute approximate surface area is 146 Å². The first-order valence-corrected chi connectivity index (χ1v) is 7.64. The fraction of sp³-hybridized carbons (Fsp3) is 0.353. The number of carbonyl (C=O) groups excluding carboxylic acids is 1. The zero-order valence-corrected chi connectivity index (χ0v) is 14.1. The number of pyridine rings is 1. The van der Waals surface area contributed by atoms with Crippen molar-refractivity contribution in [2.24, 2.45) is 4.99 Å². The Hall–Kier alpha value is -2.84. The molecule has 9 heteroatoms. The third-order valence-electron chi connectivity index (χ3n) is 4.00. The second-order valence-electron chi connectivity index (χ2n) is 5.63. The number of ether oxygens (including phenoxy) is 3. The van der Waals surface area contributed by atoms with Gasteiger partial charge in [0.15, 0.2) is 6.04 Å². The van der Waals surface area contributed by atoms with Gasteiger partial charge in [-0.2, -0.15) is 13.2 Å². The van der Waals surface area contributed by atoms with Crippen molar-refractivity contribution >= 4 is 22.8 Å². The highest BCUT2D eigenvalue weighted by atomic mass is 19.4. The SMILES string of the molecule is COC(=O)[C@H]1N=C(c2ccc(OC)c3nc(C(F)(F)F)ccc23)O[C@H]1C. The molecule has 0 amide bonds. The molecule has 1 aliphatic rings. The number of esters is 1. The van der Waals surface area contributed by atoms with Gasteiger partial charge in [0.2, 0.25) is 5.90 Å². The van der Waals surface area contributed by atoms with E-state index in [1.54, 1.807) is 13.0 Å². The van der Waals surface area contributed by atoms with E-state index in [0.29, 0.717) is 10.9 Å². The number of nitrogens with zero attached hydrogens (tertiary/aromatic N) is 2. The van der Waals surface area contributed by atoms with Crippen molar-refractivity contribution in [3.63, 3.8) is 0 Å². The van der Waals surface area contributed by atoms with E-state index in [-0.39, 0.29) is 17.2 Å². The lowest BCUT2D eigenvalue weighted by Crippen LogP contribution is -2.28. The minimum Gasteiger partial charge on any atom is -0.494 e. The van der Waals surface area contributed by atoms with Crippen molar-refractivity contribution in [3.05, 3.63) is 35.5 Å². The molecule has 0 fully saturated rings. The van der Waals surface area contributed by atoms with E-state index in [1.807, 2.05) is 0 Å². The molecule has 1 aromatic heterocycles. The summed E-state index contributed by atoms with van der Waals surface area (Å²) in [6, 6.07) is 4.40. The second kappa shape index (κ2) is 6.47. The van der Waals surface area contributed by atoms with Gasteiger partial charge in [-0.25, -0.2) is 14.8 Å². The lowest BCUT2D eigenvalue weighted by atomic mass is 10.1. The highest BCUT2D eigenvalue weighted by Crippen LogP contribution is 2.34. The van der Waals surface area contributed by atoms with E-state index >= 15 is 0 Å². The maximum absolute atomic E-state index is 13.0. The highest BCUT2D eigenvalue weighted by Gasteiger charge is 2.36. The van der Waals surface area contributed by atoms with Crippen LogP contribution in [0.2, 0.25) is 0 Å². The van der Waals surface area contributed by atoms with Crippen LogP contribution in [0.4, 0.5) is 13.2 Å². The zero-order valence-electron chi connectivity index (χ0n) is 14.1. The molecule has 2 atom stereocenters. The maximum atomic E-state index is 13.0. The molecule has 0 saturated carbocycles. The molecule has 0 radical (unpaired) electrons. The molecule has 0 saturated heterocycles. The lowest BCUT2D eigenvalue weighted by Gasteiger charge is -2.13.